The number of aliphatic imine (C=N–C) groups is 1. The molecule has 1 saturated heterocycles. The van der Waals surface area contributed by atoms with Crippen molar-refractivity contribution in [1.82, 2.24) is 15.5 Å². The molecule has 176 valence electrons. The maximum Gasteiger partial charge on any atom is 0.416 e. The Morgan fingerprint density at radius 1 is 1.16 bits per heavy atom. The molecule has 31 heavy (non-hydrogen) atoms. The number of carbonyl (C=O) groups excluding carboxylic acids is 1. The van der Waals surface area contributed by atoms with Crippen LogP contribution in [0.1, 0.15) is 51.7 Å². The van der Waals surface area contributed by atoms with E-state index in [0.29, 0.717) is 12.5 Å². The molecule has 1 fully saturated rings. The number of hydrogen-bond donors (Lipinski definition) is 2. The van der Waals surface area contributed by atoms with Crippen LogP contribution in [-0.2, 0) is 17.5 Å². The number of nitrogens with zero attached hydrogens (tertiary/aromatic N) is 2. The van der Waals surface area contributed by atoms with E-state index in [1.165, 1.54) is 12.1 Å². The summed E-state index contributed by atoms with van der Waals surface area (Å²) < 4.78 is 46.3. The van der Waals surface area contributed by atoms with Gasteiger partial charge in [0.05, 0.1) is 18.7 Å². The molecule has 1 aliphatic heterocycles. The Hall–Kier alpha value is -1.72. The van der Waals surface area contributed by atoms with Gasteiger partial charge >= 0.3 is 6.18 Å². The highest BCUT2D eigenvalue weighted by molar-refractivity contribution is 14.0. The second kappa shape index (κ2) is 11.8. The zero-order valence-electron chi connectivity index (χ0n) is 18.4. The van der Waals surface area contributed by atoms with E-state index in [1.54, 1.807) is 25.7 Å². The van der Waals surface area contributed by atoms with E-state index >= 15 is 0 Å². The fourth-order valence-electron chi connectivity index (χ4n) is 3.12. The third-order valence-electron chi connectivity index (χ3n) is 4.43. The van der Waals surface area contributed by atoms with Crippen molar-refractivity contribution in [2.24, 2.45) is 4.99 Å². The average Bonchev–Trinajstić information content (AvgIpc) is 3.17. The van der Waals surface area contributed by atoms with E-state index in [1.807, 2.05) is 6.92 Å². The van der Waals surface area contributed by atoms with E-state index in [9.17, 15) is 18.0 Å². The van der Waals surface area contributed by atoms with Crippen molar-refractivity contribution in [3.63, 3.8) is 0 Å². The number of likely N-dealkylation sites (tertiary alicyclic amines) is 1. The van der Waals surface area contributed by atoms with E-state index < -0.39 is 17.3 Å². The number of carbonyl (C=O) groups is 1. The predicted molar refractivity (Wildman–Crippen MR) is 126 cm³/mol. The lowest BCUT2D eigenvalue weighted by Crippen LogP contribution is -2.44. The topological polar surface area (TPSA) is 66.0 Å². The van der Waals surface area contributed by atoms with Gasteiger partial charge in [0.1, 0.15) is 11.4 Å². The summed E-state index contributed by atoms with van der Waals surface area (Å²) in [5.41, 5.74) is -1.35. The zero-order chi connectivity index (χ0) is 22.4. The highest BCUT2D eigenvalue weighted by Crippen LogP contribution is 2.35. The quantitative estimate of drug-likeness (QED) is 0.314. The van der Waals surface area contributed by atoms with Crippen LogP contribution in [0.3, 0.4) is 0 Å². The normalized spacial score (nSPS) is 14.8. The van der Waals surface area contributed by atoms with Crippen molar-refractivity contribution >= 4 is 35.8 Å². The number of alkyl halides is 3. The van der Waals surface area contributed by atoms with Gasteiger partial charge in [-0.3, -0.25) is 4.79 Å². The van der Waals surface area contributed by atoms with Gasteiger partial charge in [0, 0.05) is 19.6 Å². The van der Waals surface area contributed by atoms with Crippen molar-refractivity contribution in [2.75, 3.05) is 26.2 Å². The number of guanidine groups is 1. The van der Waals surface area contributed by atoms with Crippen LogP contribution in [0.4, 0.5) is 13.2 Å². The van der Waals surface area contributed by atoms with Gasteiger partial charge in [-0.15, -0.1) is 24.0 Å². The maximum absolute atomic E-state index is 13.6. The van der Waals surface area contributed by atoms with E-state index in [2.05, 4.69) is 15.6 Å². The number of ether oxygens (including phenoxy) is 1. The molecule has 6 nitrogen and oxygen atoms in total. The first kappa shape index (κ1) is 27.3. The lowest BCUT2D eigenvalue weighted by Gasteiger charge is -2.22. The fraction of sp³-hybridized carbons (Fsp3) is 0.619. The Kier molecular flexibility index (Phi) is 10.4. The van der Waals surface area contributed by atoms with Gasteiger partial charge in [0.25, 0.3) is 0 Å². The second-order valence-corrected chi connectivity index (χ2v) is 8.17. The van der Waals surface area contributed by atoms with Crippen molar-refractivity contribution < 1.29 is 22.7 Å². The van der Waals surface area contributed by atoms with Gasteiger partial charge in [0.2, 0.25) is 5.91 Å². The third-order valence-corrected chi connectivity index (χ3v) is 4.43. The number of nitrogens with one attached hydrogen (secondary N) is 2. The largest absolute Gasteiger partial charge is 0.488 e. The zero-order valence-corrected chi connectivity index (χ0v) is 20.8. The van der Waals surface area contributed by atoms with E-state index in [-0.39, 0.29) is 54.3 Å². The number of halogens is 4. The Morgan fingerprint density at radius 3 is 2.35 bits per heavy atom. The van der Waals surface area contributed by atoms with Crippen molar-refractivity contribution in [3.8, 4) is 5.75 Å². The molecule has 0 aromatic heterocycles. The smallest absolute Gasteiger partial charge is 0.416 e. The lowest BCUT2D eigenvalue weighted by molar-refractivity contribution is -0.138. The number of hydrogen-bond acceptors (Lipinski definition) is 3. The van der Waals surface area contributed by atoms with Crippen LogP contribution in [0, 0.1) is 0 Å². The second-order valence-electron chi connectivity index (χ2n) is 8.17. The molecule has 0 bridgehead atoms. The molecule has 0 saturated carbocycles. The Morgan fingerprint density at radius 2 is 1.81 bits per heavy atom. The highest BCUT2D eigenvalue weighted by atomic mass is 127. The minimum absolute atomic E-state index is 0. The molecule has 0 radical (unpaired) electrons. The van der Waals surface area contributed by atoms with Crippen LogP contribution in [0.25, 0.3) is 0 Å². The first-order chi connectivity index (χ1) is 14.0. The van der Waals surface area contributed by atoms with Gasteiger partial charge in [-0.2, -0.15) is 13.2 Å². The molecule has 1 aromatic carbocycles. The molecule has 1 heterocycles. The van der Waals surface area contributed by atoms with Crippen LogP contribution in [0.5, 0.6) is 5.75 Å². The van der Waals surface area contributed by atoms with Crippen LogP contribution in [0.2, 0.25) is 0 Å². The molecule has 1 aromatic rings. The maximum atomic E-state index is 13.6. The van der Waals surface area contributed by atoms with Crippen LogP contribution in [-0.4, -0.2) is 48.5 Å². The summed E-state index contributed by atoms with van der Waals surface area (Å²) in [7, 11) is 0. The van der Waals surface area contributed by atoms with E-state index in [0.717, 1.165) is 32.0 Å². The molecule has 1 amide bonds. The Bertz CT molecular complexity index is 758. The Balaban J connectivity index is 0.00000480. The molecular formula is C21H32F3IN4O2. The highest BCUT2D eigenvalue weighted by Gasteiger charge is 2.34. The lowest BCUT2D eigenvalue weighted by atomic mass is 10.1. The van der Waals surface area contributed by atoms with E-state index in [4.69, 9.17) is 4.74 Å². The monoisotopic (exact) mass is 556 g/mol. The number of benzene rings is 1. The summed E-state index contributed by atoms with van der Waals surface area (Å²) in [6.45, 7) is 9.04. The van der Waals surface area contributed by atoms with Gasteiger partial charge in [-0.25, -0.2) is 4.99 Å². The van der Waals surface area contributed by atoms with Crippen molar-refractivity contribution in [3.05, 3.63) is 29.3 Å². The molecule has 2 rings (SSSR count). The van der Waals surface area contributed by atoms with Gasteiger partial charge in [-0.1, -0.05) is 6.07 Å². The molecular weight excluding hydrogens is 524 g/mol. The van der Waals surface area contributed by atoms with Crippen LogP contribution < -0.4 is 15.4 Å². The summed E-state index contributed by atoms with van der Waals surface area (Å²) >= 11 is 0. The Labute approximate surface area is 199 Å². The first-order valence-electron chi connectivity index (χ1n) is 10.2. The number of rotatable bonds is 6. The summed E-state index contributed by atoms with van der Waals surface area (Å²) in [5.74, 6) is 0.412. The predicted octanol–water partition coefficient (Wildman–Crippen LogP) is 4.18. The van der Waals surface area contributed by atoms with Gasteiger partial charge in [-0.05, 0) is 58.2 Å². The molecule has 0 atom stereocenters. The minimum Gasteiger partial charge on any atom is -0.488 e. The van der Waals surface area contributed by atoms with Gasteiger partial charge < -0.3 is 20.3 Å². The van der Waals surface area contributed by atoms with Crippen LogP contribution in [0.15, 0.2) is 23.2 Å². The minimum atomic E-state index is -4.53. The molecule has 2 N–H and O–H groups in total. The van der Waals surface area contributed by atoms with Crippen molar-refractivity contribution in [1.29, 1.82) is 0 Å². The van der Waals surface area contributed by atoms with Crippen LogP contribution >= 0.6 is 24.0 Å². The van der Waals surface area contributed by atoms with Crippen molar-refractivity contribution in [2.45, 2.75) is 58.9 Å². The third kappa shape index (κ3) is 9.12. The average molecular weight is 556 g/mol. The summed E-state index contributed by atoms with van der Waals surface area (Å²) in [5, 5.41) is 5.87. The first-order valence-corrected chi connectivity index (χ1v) is 10.2. The fourth-order valence-corrected chi connectivity index (χ4v) is 3.12. The van der Waals surface area contributed by atoms with Gasteiger partial charge in [0.15, 0.2) is 5.96 Å². The molecule has 1 aliphatic rings. The summed E-state index contributed by atoms with van der Waals surface area (Å²) in [6, 6.07) is 3.91. The number of amides is 1. The summed E-state index contributed by atoms with van der Waals surface area (Å²) in [4.78, 5) is 18.2. The molecule has 0 aliphatic carbocycles. The SMILES string of the molecule is CCNC(=NCc1ccc(OC(C)(C)C)cc1C(F)(F)F)NCC(=O)N1CCCC1.I. The molecule has 10 heteroatoms. The molecule has 0 spiro atoms. The standard InChI is InChI=1S/C21H31F3N4O2.HI/c1-5-25-19(27-14-18(29)28-10-6-7-11-28)26-13-15-8-9-16(30-20(2,3)4)12-17(15)21(22,23)24;/h8-9,12H,5-7,10-11,13-14H2,1-4H3,(H2,25,26,27);1H. The summed E-state index contributed by atoms with van der Waals surface area (Å²) in [6.07, 6.45) is -2.54. The molecule has 0 unspecified atom stereocenters.